The molecule has 0 atom stereocenters. The van der Waals surface area contributed by atoms with Crippen LogP contribution in [0.2, 0.25) is 0 Å². The summed E-state index contributed by atoms with van der Waals surface area (Å²) in [6.07, 6.45) is 3.25. The van der Waals surface area contributed by atoms with Crippen LogP contribution in [0.15, 0.2) is 16.6 Å². The first kappa shape index (κ1) is 13.9. The maximum atomic E-state index is 14.3. The van der Waals surface area contributed by atoms with Gasteiger partial charge in [0.2, 0.25) is 0 Å². The number of nitrogens with zero attached hydrogens (tertiary/aromatic N) is 1. The zero-order valence-corrected chi connectivity index (χ0v) is 13.6. The number of fused-ring (bicyclic) bond motifs is 1. The first-order valence-corrected chi connectivity index (χ1v) is 8.11. The third-order valence-electron chi connectivity index (χ3n) is 3.19. The SMILES string of the molecule is NC(=S)c1ccc(Nc2nc3c(s2)CCC3)c(F)c1Br. The number of benzene rings is 1. The van der Waals surface area contributed by atoms with Crippen LogP contribution in [0.5, 0.6) is 0 Å². The summed E-state index contributed by atoms with van der Waals surface area (Å²) in [4.78, 5) is 5.95. The van der Waals surface area contributed by atoms with E-state index in [0.29, 0.717) is 11.3 Å². The smallest absolute Gasteiger partial charge is 0.187 e. The molecule has 0 unspecified atom stereocenters. The Hall–Kier alpha value is -1.05. The highest BCUT2D eigenvalue weighted by Crippen LogP contribution is 2.34. The fourth-order valence-corrected chi connectivity index (χ4v) is 4.12. The molecule has 1 aliphatic rings. The molecule has 0 bridgehead atoms. The number of thiocarbonyl (C=S) groups is 1. The summed E-state index contributed by atoms with van der Waals surface area (Å²) in [6.45, 7) is 0. The van der Waals surface area contributed by atoms with Gasteiger partial charge in [-0.15, -0.1) is 11.3 Å². The van der Waals surface area contributed by atoms with Crippen LogP contribution < -0.4 is 11.1 Å². The van der Waals surface area contributed by atoms with Gasteiger partial charge in [-0.05, 0) is 47.3 Å². The molecular formula is C13H11BrFN3S2. The van der Waals surface area contributed by atoms with Crippen LogP contribution in [0.1, 0.15) is 22.6 Å². The van der Waals surface area contributed by atoms with Gasteiger partial charge in [-0.2, -0.15) is 0 Å². The van der Waals surface area contributed by atoms with E-state index < -0.39 is 5.82 Å². The molecule has 3 nitrogen and oxygen atoms in total. The number of rotatable bonds is 3. The lowest BCUT2D eigenvalue weighted by atomic mass is 10.2. The Morgan fingerprint density at radius 3 is 2.95 bits per heavy atom. The van der Waals surface area contributed by atoms with E-state index in [4.69, 9.17) is 18.0 Å². The van der Waals surface area contributed by atoms with Crippen molar-refractivity contribution in [2.75, 3.05) is 5.32 Å². The fraction of sp³-hybridized carbons (Fsp3) is 0.231. The molecule has 0 amide bonds. The Labute approximate surface area is 133 Å². The van der Waals surface area contributed by atoms with Crippen molar-refractivity contribution in [1.29, 1.82) is 0 Å². The molecule has 0 aliphatic heterocycles. The number of anilines is 2. The van der Waals surface area contributed by atoms with Gasteiger partial charge in [0, 0.05) is 10.4 Å². The van der Waals surface area contributed by atoms with Gasteiger partial charge in [-0.3, -0.25) is 0 Å². The second-order valence-corrected chi connectivity index (χ2v) is 6.84. The molecule has 1 aromatic heterocycles. The van der Waals surface area contributed by atoms with E-state index in [-0.39, 0.29) is 9.46 Å². The van der Waals surface area contributed by atoms with E-state index in [1.807, 2.05) is 0 Å². The van der Waals surface area contributed by atoms with Gasteiger partial charge in [-0.25, -0.2) is 9.37 Å². The second-order valence-electron chi connectivity index (χ2n) is 4.52. The number of aryl methyl sites for hydroxylation is 2. The van der Waals surface area contributed by atoms with E-state index in [2.05, 4.69) is 26.2 Å². The third-order valence-corrected chi connectivity index (χ3v) is 5.25. The Kier molecular flexibility index (Phi) is 3.74. The molecule has 2 aromatic rings. The quantitative estimate of drug-likeness (QED) is 0.803. The van der Waals surface area contributed by atoms with Crippen molar-refractivity contribution < 1.29 is 4.39 Å². The summed E-state index contributed by atoms with van der Waals surface area (Å²) in [5, 5.41) is 3.75. The van der Waals surface area contributed by atoms with Gasteiger partial charge in [0.25, 0.3) is 0 Å². The minimum absolute atomic E-state index is 0.163. The molecular weight excluding hydrogens is 361 g/mol. The molecule has 20 heavy (non-hydrogen) atoms. The number of thiazole rings is 1. The molecule has 104 valence electrons. The predicted molar refractivity (Wildman–Crippen MR) is 87.4 cm³/mol. The topological polar surface area (TPSA) is 50.9 Å². The molecule has 0 fully saturated rings. The normalized spacial score (nSPS) is 13.3. The fourth-order valence-electron chi connectivity index (χ4n) is 2.20. The number of nitrogens with one attached hydrogen (secondary N) is 1. The van der Waals surface area contributed by atoms with Crippen molar-refractivity contribution in [3.63, 3.8) is 0 Å². The van der Waals surface area contributed by atoms with Crippen molar-refractivity contribution in [2.45, 2.75) is 19.3 Å². The van der Waals surface area contributed by atoms with E-state index in [1.165, 1.54) is 4.88 Å². The van der Waals surface area contributed by atoms with Gasteiger partial charge in [0.1, 0.15) is 4.99 Å². The molecule has 1 aliphatic carbocycles. The lowest BCUT2D eigenvalue weighted by Gasteiger charge is -2.09. The van der Waals surface area contributed by atoms with Crippen molar-refractivity contribution in [1.82, 2.24) is 4.98 Å². The highest BCUT2D eigenvalue weighted by atomic mass is 79.9. The van der Waals surface area contributed by atoms with Crippen molar-refractivity contribution in [3.8, 4) is 0 Å². The number of hydrogen-bond acceptors (Lipinski definition) is 4. The number of nitrogens with two attached hydrogens (primary N) is 1. The summed E-state index contributed by atoms with van der Waals surface area (Å²) in [6, 6.07) is 3.32. The summed E-state index contributed by atoms with van der Waals surface area (Å²) in [5.74, 6) is -0.411. The van der Waals surface area contributed by atoms with Crippen molar-refractivity contribution in [2.24, 2.45) is 5.73 Å². The Bertz CT molecular complexity index is 678. The Balaban J connectivity index is 1.90. The van der Waals surface area contributed by atoms with E-state index in [9.17, 15) is 4.39 Å². The van der Waals surface area contributed by atoms with Crippen LogP contribution in [-0.4, -0.2) is 9.97 Å². The Morgan fingerprint density at radius 1 is 1.45 bits per heavy atom. The lowest BCUT2D eigenvalue weighted by Crippen LogP contribution is -2.11. The molecule has 3 rings (SSSR count). The molecule has 1 heterocycles. The van der Waals surface area contributed by atoms with Gasteiger partial charge in [-0.1, -0.05) is 12.2 Å². The largest absolute Gasteiger partial charge is 0.389 e. The lowest BCUT2D eigenvalue weighted by molar-refractivity contribution is 0.625. The summed E-state index contributed by atoms with van der Waals surface area (Å²) >= 11 is 9.65. The van der Waals surface area contributed by atoms with Crippen LogP contribution in [0.3, 0.4) is 0 Å². The molecule has 1 aromatic carbocycles. The summed E-state index contributed by atoms with van der Waals surface area (Å²) < 4.78 is 14.5. The minimum atomic E-state index is -0.411. The first-order valence-electron chi connectivity index (χ1n) is 6.09. The van der Waals surface area contributed by atoms with E-state index in [0.717, 1.165) is 30.1 Å². The number of aromatic nitrogens is 1. The maximum Gasteiger partial charge on any atom is 0.187 e. The third kappa shape index (κ3) is 2.45. The van der Waals surface area contributed by atoms with Gasteiger partial charge in [0.15, 0.2) is 10.9 Å². The van der Waals surface area contributed by atoms with Crippen LogP contribution in [0.4, 0.5) is 15.2 Å². The van der Waals surface area contributed by atoms with Crippen molar-refractivity contribution >= 4 is 55.3 Å². The number of halogens is 2. The zero-order valence-electron chi connectivity index (χ0n) is 10.4. The number of hydrogen-bond donors (Lipinski definition) is 2. The average molecular weight is 372 g/mol. The highest BCUT2D eigenvalue weighted by molar-refractivity contribution is 9.10. The van der Waals surface area contributed by atoms with E-state index >= 15 is 0 Å². The van der Waals surface area contributed by atoms with E-state index in [1.54, 1.807) is 23.5 Å². The van der Waals surface area contributed by atoms with Crippen LogP contribution in [-0.2, 0) is 12.8 Å². The van der Waals surface area contributed by atoms with Gasteiger partial charge < -0.3 is 11.1 Å². The van der Waals surface area contributed by atoms with Crippen LogP contribution in [0, 0.1) is 5.82 Å². The van der Waals surface area contributed by atoms with Crippen LogP contribution >= 0.6 is 39.5 Å². The molecule has 0 saturated carbocycles. The van der Waals surface area contributed by atoms with Gasteiger partial charge in [0.05, 0.1) is 15.9 Å². The molecule has 0 saturated heterocycles. The predicted octanol–water partition coefficient (Wildman–Crippen LogP) is 3.91. The van der Waals surface area contributed by atoms with Crippen LogP contribution in [0.25, 0.3) is 0 Å². The standard InChI is InChI=1S/C13H11BrFN3S2/c14-10-6(12(16)19)4-5-8(11(10)15)18-13-17-7-2-1-3-9(7)20-13/h4-5H,1-3H2,(H2,16,19)(H,17,18). The zero-order chi connectivity index (χ0) is 14.3. The average Bonchev–Trinajstić information content (AvgIpc) is 2.95. The van der Waals surface area contributed by atoms with Crippen molar-refractivity contribution in [3.05, 3.63) is 38.6 Å². The van der Waals surface area contributed by atoms with Gasteiger partial charge >= 0.3 is 0 Å². The first-order chi connectivity index (χ1) is 9.56. The Morgan fingerprint density at radius 2 is 2.25 bits per heavy atom. The summed E-state index contributed by atoms with van der Waals surface area (Å²) in [7, 11) is 0. The monoisotopic (exact) mass is 371 g/mol. The summed E-state index contributed by atoms with van der Waals surface area (Å²) in [5.41, 5.74) is 7.53. The maximum absolute atomic E-state index is 14.3. The second kappa shape index (κ2) is 5.38. The molecule has 0 spiro atoms. The minimum Gasteiger partial charge on any atom is -0.389 e. The molecule has 7 heteroatoms. The highest BCUT2D eigenvalue weighted by Gasteiger charge is 2.18. The molecule has 0 radical (unpaired) electrons. The molecule has 3 N–H and O–H groups in total.